The van der Waals surface area contributed by atoms with Crippen LogP contribution in [0.25, 0.3) is 16.7 Å². The molecule has 0 saturated heterocycles. The fourth-order valence-corrected chi connectivity index (χ4v) is 4.07. The van der Waals surface area contributed by atoms with Crippen LogP contribution in [0.1, 0.15) is 36.5 Å². The molecule has 36 heavy (non-hydrogen) atoms. The average molecular weight is 482 g/mol. The summed E-state index contributed by atoms with van der Waals surface area (Å²) in [5.74, 6) is 0.869. The summed E-state index contributed by atoms with van der Waals surface area (Å²) < 4.78 is 8.74. The molecule has 1 N–H and O–H groups in total. The van der Waals surface area contributed by atoms with Crippen LogP contribution in [0.2, 0.25) is 0 Å². The summed E-state index contributed by atoms with van der Waals surface area (Å²) in [6.45, 7) is 7.94. The van der Waals surface area contributed by atoms with Crippen molar-refractivity contribution in [3.05, 3.63) is 93.9 Å². The predicted octanol–water partition coefficient (Wildman–Crippen LogP) is 5.22. The molecule has 0 unspecified atom stereocenters. The number of benzene rings is 3. The first kappa shape index (κ1) is 23.3. The van der Waals surface area contributed by atoms with E-state index in [1.54, 1.807) is 6.07 Å². The number of carbonyl (C=O) groups excluding carboxylic acids is 1. The Hall–Kier alpha value is -4.46. The van der Waals surface area contributed by atoms with Gasteiger partial charge in [-0.05, 0) is 66.8 Å². The number of anilines is 1. The summed E-state index contributed by atoms with van der Waals surface area (Å²) >= 11 is 0. The molecular formula is C28H27N5O3. The number of para-hydroxylation sites is 2. The quantitative estimate of drug-likeness (QED) is 0.359. The molecule has 0 aliphatic rings. The monoisotopic (exact) mass is 481 g/mol. The molecule has 0 fully saturated rings. The Kier molecular flexibility index (Phi) is 6.01. The van der Waals surface area contributed by atoms with Gasteiger partial charge in [-0.3, -0.25) is 4.79 Å². The lowest BCUT2D eigenvalue weighted by Crippen LogP contribution is -2.28. The van der Waals surface area contributed by atoms with Crippen LogP contribution in [0.15, 0.2) is 71.5 Å². The second-order valence-electron chi connectivity index (χ2n) is 9.13. The Morgan fingerprint density at radius 1 is 1.00 bits per heavy atom. The van der Waals surface area contributed by atoms with E-state index in [-0.39, 0.29) is 24.0 Å². The number of carbonyl (C=O) groups is 1. The molecule has 1 amide bonds. The maximum atomic E-state index is 13.4. The molecule has 0 aliphatic heterocycles. The first-order valence-electron chi connectivity index (χ1n) is 11.8. The van der Waals surface area contributed by atoms with Crippen molar-refractivity contribution in [2.24, 2.45) is 0 Å². The molecule has 0 spiro atoms. The standard InChI is InChI=1S/C28H27N5O3/c1-17(2)20-12-14-21(15-13-20)29-25(34)16-32-28(35)33-23-10-6-5-9-22(23)30-27(26(33)31-32)36-24-11-7-8-18(3)19(24)4/h5-15,17H,16H2,1-4H3,(H,29,34). The molecule has 182 valence electrons. The second kappa shape index (κ2) is 9.30. The maximum Gasteiger partial charge on any atom is 0.351 e. The van der Waals surface area contributed by atoms with Crippen LogP contribution in [0, 0.1) is 13.8 Å². The van der Waals surface area contributed by atoms with E-state index < -0.39 is 5.69 Å². The number of hydrogen-bond donors (Lipinski definition) is 1. The Morgan fingerprint density at radius 3 is 2.50 bits per heavy atom. The number of nitrogens with zero attached hydrogens (tertiary/aromatic N) is 4. The van der Waals surface area contributed by atoms with Gasteiger partial charge in [0.15, 0.2) is 0 Å². The van der Waals surface area contributed by atoms with Gasteiger partial charge in [-0.1, -0.05) is 50.2 Å². The minimum absolute atomic E-state index is 0.197. The smallest absolute Gasteiger partial charge is 0.351 e. The second-order valence-corrected chi connectivity index (χ2v) is 9.13. The van der Waals surface area contributed by atoms with Crippen molar-refractivity contribution >= 4 is 28.3 Å². The van der Waals surface area contributed by atoms with Gasteiger partial charge in [0.1, 0.15) is 12.3 Å². The number of rotatable bonds is 6. The van der Waals surface area contributed by atoms with E-state index >= 15 is 0 Å². The molecule has 2 heterocycles. The fourth-order valence-electron chi connectivity index (χ4n) is 4.07. The summed E-state index contributed by atoms with van der Waals surface area (Å²) in [6.07, 6.45) is 0. The molecular weight excluding hydrogens is 454 g/mol. The van der Waals surface area contributed by atoms with Crippen LogP contribution in [-0.2, 0) is 11.3 Å². The maximum absolute atomic E-state index is 13.4. The Labute approximate surface area is 208 Å². The Bertz CT molecular complexity index is 1650. The average Bonchev–Trinajstić information content (AvgIpc) is 3.18. The first-order valence-corrected chi connectivity index (χ1v) is 11.8. The van der Waals surface area contributed by atoms with E-state index in [0.717, 1.165) is 15.8 Å². The van der Waals surface area contributed by atoms with Crippen molar-refractivity contribution in [1.82, 2.24) is 19.2 Å². The van der Waals surface area contributed by atoms with Crippen molar-refractivity contribution < 1.29 is 9.53 Å². The molecule has 2 aromatic heterocycles. The van der Waals surface area contributed by atoms with Gasteiger partial charge in [0.2, 0.25) is 11.6 Å². The van der Waals surface area contributed by atoms with Gasteiger partial charge in [-0.25, -0.2) is 18.9 Å². The van der Waals surface area contributed by atoms with Crippen molar-refractivity contribution in [2.45, 2.75) is 40.2 Å². The zero-order valence-electron chi connectivity index (χ0n) is 20.6. The highest BCUT2D eigenvalue weighted by atomic mass is 16.5. The Morgan fingerprint density at radius 2 is 1.75 bits per heavy atom. The third-order valence-electron chi connectivity index (χ3n) is 6.29. The summed E-state index contributed by atoms with van der Waals surface area (Å²) in [4.78, 5) is 30.8. The van der Waals surface area contributed by atoms with Crippen LogP contribution in [0.4, 0.5) is 5.69 Å². The van der Waals surface area contributed by atoms with Crippen LogP contribution in [0.3, 0.4) is 0 Å². The van der Waals surface area contributed by atoms with Crippen LogP contribution in [-0.4, -0.2) is 25.1 Å². The number of amides is 1. The number of fused-ring (bicyclic) bond motifs is 3. The van der Waals surface area contributed by atoms with E-state index in [4.69, 9.17) is 4.74 Å². The summed E-state index contributed by atoms with van der Waals surface area (Å²) in [5.41, 5.74) is 4.85. The highest BCUT2D eigenvalue weighted by molar-refractivity contribution is 5.90. The molecule has 8 heteroatoms. The topological polar surface area (TPSA) is 90.5 Å². The number of aryl methyl sites for hydroxylation is 1. The van der Waals surface area contributed by atoms with Crippen molar-refractivity contribution in [2.75, 3.05) is 5.32 Å². The van der Waals surface area contributed by atoms with Crippen LogP contribution < -0.4 is 15.7 Å². The third kappa shape index (κ3) is 4.33. The van der Waals surface area contributed by atoms with Crippen molar-refractivity contribution in [3.63, 3.8) is 0 Å². The SMILES string of the molecule is Cc1cccc(Oc2nc3ccccc3n3c(=O)n(CC(=O)Nc4ccc(C(C)C)cc4)nc23)c1C. The van der Waals surface area contributed by atoms with Crippen molar-refractivity contribution in [3.8, 4) is 11.6 Å². The number of ether oxygens (including phenoxy) is 1. The van der Waals surface area contributed by atoms with E-state index in [9.17, 15) is 9.59 Å². The van der Waals surface area contributed by atoms with Gasteiger partial charge >= 0.3 is 5.69 Å². The van der Waals surface area contributed by atoms with Crippen LogP contribution >= 0.6 is 0 Å². The molecule has 8 nitrogen and oxygen atoms in total. The lowest BCUT2D eigenvalue weighted by Gasteiger charge is -2.11. The summed E-state index contributed by atoms with van der Waals surface area (Å²) in [7, 11) is 0. The van der Waals surface area contributed by atoms with Gasteiger partial charge in [0.05, 0.1) is 11.0 Å². The molecule has 0 radical (unpaired) electrons. The van der Waals surface area contributed by atoms with Crippen LogP contribution in [0.5, 0.6) is 11.6 Å². The van der Waals surface area contributed by atoms with Crippen molar-refractivity contribution in [1.29, 1.82) is 0 Å². The van der Waals surface area contributed by atoms with Gasteiger partial charge in [-0.15, -0.1) is 5.10 Å². The van der Waals surface area contributed by atoms with E-state index in [2.05, 4.69) is 29.2 Å². The summed E-state index contributed by atoms with van der Waals surface area (Å²) in [5, 5.41) is 7.29. The highest BCUT2D eigenvalue weighted by Gasteiger charge is 2.20. The van der Waals surface area contributed by atoms with Gasteiger partial charge < -0.3 is 10.1 Å². The Balaban J connectivity index is 1.52. The molecule has 0 aliphatic carbocycles. The molecule has 5 aromatic rings. The van der Waals surface area contributed by atoms with Gasteiger partial charge in [-0.2, -0.15) is 0 Å². The minimum atomic E-state index is -0.445. The largest absolute Gasteiger partial charge is 0.436 e. The molecule has 0 saturated carbocycles. The third-order valence-corrected chi connectivity index (χ3v) is 6.29. The molecule has 0 atom stereocenters. The highest BCUT2D eigenvalue weighted by Crippen LogP contribution is 2.29. The van der Waals surface area contributed by atoms with Gasteiger partial charge in [0, 0.05) is 5.69 Å². The van der Waals surface area contributed by atoms with Gasteiger partial charge in [0.25, 0.3) is 5.88 Å². The zero-order valence-corrected chi connectivity index (χ0v) is 20.6. The van der Waals surface area contributed by atoms with E-state index in [0.29, 0.717) is 28.4 Å². The molecule has 5 rings (SSSR count). The lowest BCUT2D eigenvalue weighted by molar-refractivity contribution is -0.117. The summed E-state index contributed by atoms with van der Waals surface area (Å²) in [6, 6.07) is 20.7. The zero-order chi connectivity index (χ0) is 25.4. The number of nitrogens with one attached hydrogen (secondary N) is 1. The number of hydrogen-bond acceptors (Lipinski definition) is 5. The van der Waals surface area contributed by atoms with E-state index in [1.807, 2.05) is 74.5 Å². The normalized spacial score (nSPS) is 11.4. The molecule has 0 bridgehead atoms. The first-order chi connectivity index (χ1) is 17.3. The predicted molar refractivity (Wildman–Crippen MR) is 140 cm³/mol. The number of aromatic nitrogens is 4. The minimum Gasteiger partial charge on any atom is -0.436 e. The fraction of sp³-hybridized carbons (Fsp3) is 0.214. The van der Waals surface area contributed by atoms with E-state index in [1.165, 1.54) is 9.96 Å². The lowest BCUT2D eigenvalue weighted by atomic mass is 10.0. The molecule has 3 aromatic carbocycles.